The van der Waals surface area contributed by atoms with Crippen LogP contribution < -0.4 is 14.8 Å². The van der Waals surface area contributed by atoms with Crippen molar-refractivity contribution in [2.75, 3.05) is 24.2 Å². The molecule has 0 saturated carbocycles. The molecule has 1 aromatic heterocycles. The van der Waals surface area contributed by atoms with Crippen LogP contribution in [0.1, 0.15) is 5.69 Å². The van der Waals surface area contributed by atoms with Crippen molar-refractivity contribution < 1.29 is 13.2 Å². The van der Waals surface area contributed by atoms with Gasteiger partial charge >= 0.3 is 0 Å². The van der Waals surface area contributed by atoms with E-state index in [0.29, 0.717) is 17.1 Å². The van der Waals surface area contributed by atoms with Crippen LogP contribution in [0.5, 0.6) is 5.75 Å². The number of aromatic nitrogens is 1. The fourth-order valence-corrected chi connectivity index (χ4v) is 4.44. The molecule has 0 bridgehead atoms. The van der Waals surface area contributed by atoms with Crippen molar-refractivity contribution in [1.29, 1.82) is 0 Å². The maximum atomic E-state index is 12.6. The average Bonchev–Trinajstić information content (AvgIpc) is 2.77. The van der Waals surface area contributed by atoms with Gasteiger partial charge in [-0.15, -0.1) is 0 Å². The number of benzene rings is 1. The van der Waals surface area contributed by atoms with Crippen molar-refractivity contribution in [2.45, 2.75) is 11.1 Å². The highest BCUT2D eigenvalue weighted by Gasteiger charge is 2.28. The monoisotopic (exact) mass is 313 g/mol. The first kappa shape index (κ1) is 14.6. The third kappa shape index (κ3) is 2.44. The minimum Gasteiger partial charge on any atom is -0.495 e. The molecule has 0 spiro atoms. The first-order valence-corrected chi connectivity index (χ1v) is 7.98. The van der Waals surface area contributed by atoms with Gasteiger partial charge in [0.1, 0.15) is 5.75 Å². The normalized spacial score (nSPS) is 11.3. The molecule has 2 aromatic rings. The lowest BCUT2D eigenvalue weighted by Gasteiger charge is -2.20. The van der Waals surface area contributed by atoms with Crippen molar-refractivity contribution in [3.05, 3.63) is 30.0 Å². The van der Waals surface area contributed by atoms with Crippen LogP contribution in [0.4, 0.5) is 10.8 Å². The standard InChI is InChI=1S/C12H15N3O3S2/c1-8-11(19-12(13)14-8)20(16,17)15(2)9-6-4-5-7-10(9)18-3/h4-7H,1-3H3,(H2,13,14). The number of thiazole rings is 1. The lowest BCUT2D eigenvalue weighted by Crippen LogP contribution is -2.26. The molecule has 0 fully saturated rings. The number of methoxy groups -OCH3 is 1. The second kappa shape index (κ2) is 5.29. The number of para-hydroxylation sites is 2. The highest BCUT2D eigenvalue weighted by atomic mass is 32.2. The van der Waals surface area contributed by atoms with Crippen LogP contribution in [-0.2, 0) is 10.0 Å². The molecule has 108 valence electrons. The van der Waals surface area contributed by atoms with E-state index in [4.69, 9.17) is 10.5 Å². The van der Waals surface area contributed by atoms with Crippen LogP contribution in [0.25, 0.3) is 0 Å². The van der Waals surface area contributed by atoms with Crippen molar-refractivity contribution in [1.82, 2.24) is 4.98 Å². The molecule has 0 aliphatic carbocycles. The zero-order valence-corrected chi connectivity index (χ0v) is 13.0. The lowest BCUT2D eigenvalue weighted by molar-refractivity contribution is 0.416. The van der Waals surface area contributed by atoms with Crippen LogP contribution in [0, 0.1) is 6.92 Å². The first-order chi connectivity index (χ1) is 9.37. The van der Waals surface area contributed by atoms with E-state index in [0.717, 1.165) is 11.3 Å². The molecule has 0 saturated heterocycles. The van der Waals surface area contributed by atoms with Gasteiger partial charge in [0, 0.05) is 7.05 Å². The Balaban J connectivity index is 2.52. The summed E-state index contributed by atoms with van der Waals surface area (Å²) in [6.45, 7) is 1.62. The molecule has 6 nitrogen and oxygen atoms in total. The predicted octanol–water partition coefficient (Wildman–Crippen LogP) is 1.87. The molecule has 0 aliphatic rings. The second-order valence-electron chi connectivity index (χ2n) is 4.07. The molecule has 8 heteroatoms. The zero-order chi connectivity index (χ0) is 14.9. The highest BCUT2D eigenvalue weighted by molar-refractivity contribution is 7.94. The van der Waals surface area contributed by atoms with Gasteiger partial charge in [0.05, 0.1) is 18.5 Å². The minimum atomic E-state index is -3.71. The van der Waals surface area contributed by atoms with E-state index in [1.807, 2.05) is 0 Å². The van der Waals surface area contributed by atoms with Crippen molar-refractivity contribution >= 4 is 32.2 Å². The number of nitrogens with zero attached hydrogens (tertiary/aromatic N) is 2. The summed E-state index contributed by atoms with van der Waals surface area (Å²) < 4.78 is 31.7. The molecule has 1 heterocycles. The molecule has 1 aromatic carbocycles. The maximum absolute atomic E-state index is 12.6. The van der Waals surface area contributed by atoms with E-state index >= 15 is 0 Å². The van der Waals surface area contributed by atoms with E-state index < -0.39 is 10.0 Å². The van der Waals surface area contributed by atoms with Gasteiger partial charge in [-0.2, -0.15) is 0 Å². The highest BCUT2D eigenvalue weighted by Crippen LogP contribution is 2.34. The summed E-state index contributed by atoms with van der Waals surface area (Å²) in [6, 6.07) is 6.90. The Bertz CT molecular complexity index is 725. The SMILES string of the molecule is COc1ccccc1N(C)S(=O)(=O)c1sc(N)nc1C. The zero-order valence-electron chi connectivity index (χ0n) is 11.3. The second-order valence-corrected chi connectivity index (χ2v) is 7.26. The largest absolute Gasteiger partial charge is 0.495 e. The molecule has 0 aliphatic heterocycles. The van der Waals surface area contributed by atoms with Crippen LogP contribution in [0.2, 0.25) is 0 Å². The summed E-state index contributed by atoms with van der Waals surface area (Å²) in [6.07, 6.45) is 0. The van der Waals surface area contributed by atoms with Gasteiger partial charge in [-0.3, -0.25) is 4.31 Å². The van der Waals surface area contributed by atoms with Crippen LogP contribution in [0.3, 0.4) is 0 Å². The van der Waals surface area contributed by atoms with Crippen molar-refractivity contribution in [3.8, 4) is 5.75 Å². The third-order valence-corrected chi connectivity index (χ3v) is 6.13. The van der Waals surface area contributed by atoms with Crippen molar-refractivity contribution in [2.24, 2.45) is 0 Å². The topological polar surface area (TPSA) is 85.5 Å². The van der Waals surface area contributed by atoms with Gasteiger partial charge in [-0.25, -0.2) is 13.4 Å². The van der Waals surface area contributed by atoms with E-state index in [-0.39, 0.29) is 9.34 Å². The Morgan fingerprint density at radius 1 is 1.35 bits per heavy atom. The molecule has 0 radical (unpaired) electrons. The predicted molar refractivity (Wildman–Crippen MR) is 79.8 cm³/mol. The van der Waals surface area contributed by atoms with Gasteiger partial charge in [0.15, 0.2) is 9.34 Å². The van der Waals surface area contributed by atoms with Crippen molar-refractivity contribution in [3.63, 3.8) is 0 Å². The Kier molecular flexibility index (Phi) is 3.87. The Morgan fingerprint density at radius 3 is 2.55 bits per heavy atom. The fraction of sp³-hybridized carbons (Fsp3) is 0.250. The van der Waals surface area contributed by atoms with Crippen LogP contribution in [-0.4, -0.2) is 27.6 Å². The van der Waals surface area contributed by atoms with Gasteiger partial charge in [-0.05, 0) is 19.1 Å². The summed E-state index contributed by atoms with van der Waals surface area (Å²) in [4.78, 5) is 3.96. The van der Waals surface area contributed by atoms with Gasteiger partial charge < -0.3 is 10.5 Å². The molecule has 0 atom stereocenters. The molecule has 2 N–H and O–H groups in total. The number of anilines is 2. The number of aryl methyl sites for hydroxylation is 1. The fourth-order valence-electron chi connectivity index (χ4n) is 1.79. The Morgan fingerprint density at radius 2 is 2.00 bits per heavy atom. The summed E-state index contributed by atoms with van der Waals surface area (Å²) >= 11 is 0.954. The van der Waals surface area contributed by atoms with E-state index in [9.17, 15) is 8.42 Å². The van der Waals surface area contributed by atoms with Gasteiger partial charge in [0.2, 0.25) is 0 Å². The Hall–Kier alpha value is -1.80. The third-order valence-electron chi connectivity index (χ3n) is 2.79. The minimum absolute atomic E-state index is 0.142. The smallest absolute Gasteiger partial charge is 0.275 e. The number of nitrogen functional groups attached to an aromatic ring is 1. The summed E-state index contributed by atoms with van der Waals surface area (Å²) in [5.41, 5.74) is 6.43. The van der Waals surface area contributed by atoms with E-state index in [1.54, 1.807) is 31.2 Å². The average molecular weight is 313 g/mol. The molecular formula is C12H15N3O3S2. The number of nitrogens with two attached hydrogens (primary N) is 1. The quantitative estimate of drug-likeness (QED) is 0.931. The molecule has 0 unspecified atom stereocenters. The number of sulfonamides is 1. The molecule has 20 heavy (non-hydrogen) atoms. The lowest BCUT2D eigenvalue weighted by atomic mass is 10.3. The number of hydrogen-bond acceptors (Lipinski definition) is 6. The van der Waals surface area contributed by atoms with Gasteiger partial charge in [-0.1, -0.05) is 23.5 Å². The summed E-state index contributed by atoms with van der Waals surface area (Å²) in [5, 5.41) is 0.231. The summed E-state index contributed by atoms with van der Waals surface area (Å²) in [7, 11) is -0.735. The number of rotatable bonds is 4. The number of ether oxygens (including phenoxy) is 1. The van der Waals surface area contributed by atoms with Crippen LogP contribution in [0.15, 0.2) is 28.5 Å². The van der Waals surface area contributed by atoms with Gasteiger partial charge in [0.25, 0.3) is 10.0 Å². The summed E-state index contributed by atoms with van der Waals surface area (Å²) in [5.74, 6) is 0.480. The maximum Gasteiger partial charge on any atom is 0.275 e. The molecular weight excluding hydrogens is 298 g/mol. The number of hydrogen-bond donors (Lipinski definition) is 1. The first-order valence-electron chi connectivity index (χ1n) is 5.72. The van der Waals surface area contributed by atoms with E-state index in [1.165, 1.54) is 18.5 Å². The van der Waals surface area contributed by atoms with Crippen LogP contribution >= 0.6 is 11.3 Å². The molecule has 0 amide bonds. The Labute approximate surface area is 121 Å². The molecule has 2 rings (SSSR count). The van der Waals surface area contributed by atoms with E-state index in [2.05, 4.69) is 4.98 Å².